The third kappa shape index (κ3) is 2.25. The van der Waals surface area contributed by atoms with Crippen LogP contribution in [-0.2, 0) is 22.9 Å². The van der Waals surface area contributed by atoms with Gasteiger partial charge in [0.25, 0.3) is 0 Å². The first-order chi connectivity index (χ1) is 9.14. The summed E-state index contributed by atoms with van der Waals surface area (Å²) in [6.07, 6.45) is 1.30. The zero-order chi connectivity index (χ0) is 15.0. The van der Waals surface area contributed by atoms with Gasteiger partial charge in [-0.1, -0.05) is 0 Å². The Morgan fingerprint density at radius 3 is 1.27 bits per heavy atom. The summed E-state index contributed by atoms with van der Waals surface area (Å²) in [6, 6.07) is 0. The van der Waals surface area contributed by atoms with Crippen LogP contribution in [0.25, 0.3) is 0 Å². The van der Waals surface area contributed by atoms with E-state index in [4.69, 9.17) is 0 Å². The maximum Gasteiger partial charge on any atom is -1.00 e. The van der Waals surface area contributed by atoms with E-state index in [-0.39, 0.29) is 24.8 Å². The van der Waals surface area contributed by atoms with Crippen LogP contribution < -0.4 is 24.8 Å². The standard InChI is InChI=1S/C19H26.2ClH.Hf/c1-12-9-18(7,16(5)14(12)3)11-19(8)10-13(2)15(4)17(19)6;;;/h11H2,1-8H3;2*1H;/q;;;+2/p-2. The van der Waals surface area contributed by atoms with Gasteiger partial charge in [-0.25, -0.2) is 0 Å². The third-order valence-corrected chi connectivity index (χ3v) is 15.2. The van der Waals surface area contributed by atoms with Crippen molar-refractivity contribution in [1.29, 1.82) is 0 Å². The zero-order valence-electron chi connectivity index (χ0n) is 15.0. The minimum atomic E-state index is -0.886. The molecular formula is C19H26Cl2Hf. The molecule has 0 aromatic heterocycles. The topological polar surface area (TPSA) is 0 Å². The van der Waals surface area contributed by atoms with Gasteiger partial charge in [0.1, 0.15) is 0 Å². The predicted octanol–water partition coefficient (Wildman–Crippen LogP) is -0.259. The summed E-state index contributed by atoms with van der Waals surface area (Å²) in [4.78, 5) is 0. The number of rotatable bonds is 0. The Bertz CT molecular complexity index is 607. The van der Waals surface area contributed by atoms with Crippen molar-refractivity contribution in [2.75, 3.05) is 0 Å². The first kappa shape index (κ1) is 20.5. The molecule has 1 saturated heterocycles. The molecule has 0 amide bonds. The van der Waals surface area contributed by atoms with Crippen molar-refractivity contribution < 1.29 is 47.7 Å². The van der Waals surface area contributed by atoms with Gasteiger partial charge in [0, 0.05) is 0 Å². The maximum absolute atomic E-state index is 2.53. The molecule has 1 fully saturated rings. The normalized spacial score (nSPS) is 33.1. The molecule has 2 atom stereocenters. The summed E-state index contributed by atoms with van der Waals surface area (Å²) in [5.41, 5.74) is 10.6. The van der Waals surface area contributed by atoms with E-state index in [0.717, 1.165) is 0 Å². The van der Waals surface area contributed by atoms with Crippen LogP contribution in [0.2, 0.25) is 0 Å². The van der Waals surface area contributed by atoms with Crippen LogP contribution in [0.3, 0.4) is 0 Å². The molecule has 0 N–H and O–H groups in total. The van der Waals surface area contributed by atoms with Crippen molar-refractivity contribution in [2.24, 2.45) is 10.8 Å². The Morgan fingerprint density at radius 1 is 0.636 bits per heavy atom. The molecule has 0 aromatic rings. The quantitative estimate of drug-likeness (QED) is 0.400. The summed E-state index contributed by atoms with van der Waals surface area (Å²) < 4.78 is 3.78. The number of allylic oxidation sites excluding steroid dienone is 8. The summed E-state index contributed by atoms with van der Waals surface area (Å²) in [6.45, 7) is 19.3. The predicted molar refractivity (Wildman–Crippen MR) is 83.0 cm³/mol. The second-order valence-corrected chi connectivity index (χ2v) is 12.0. The molecule has 120 valence electrons. The molecule has 1 heterocycles. The first-order valence-corrected chi connectivity index (χ1v) is 11.3. The fraction of sp³-hybridized carbons (Fsp3) is 0.579. The van der Waals surface area contributed by atoms with Gasteiger partial charge >= 0.3 is 136 Å². The molecule has 3 rings (SSSR count). The number of hydrogen-bond donors (Lipinski definition) is 0. The second-order valence-electron chi connectivity index (χ2n) is 7.47. The fourth-order valence-electron chi connectivity index (χ4n) is 4.71. The van der Waals surface area contributed by atoms with Crippen molar-refractivity contribution in [3.05, 3.63) is 40.1 Å². The molecule has 1 aliphatic heterocycles. The Hall–Kier alpha value is 0.410. The Balaban J connectivity index is 0.00000121. The molecule has 3 aliphatic rings. The van der Waals surface area contributed by atoms with Crippen molar-refractivity contribution in [3.63, 3.8) is 0 Å². The number of halogens is 2. The zero-order valence-corrected chi connectivity index (χ0v) is 20.1. The van der Waals surface area contributed by atoms with Crippen LogP contribution in [0.15, 0.2) is 40.1 Å². The molecule has 0 spiro atoms. The van der Waals surface area contributed by atoms with Crippen LogP contribution in [0.4, 0.5) is 0 Å². The van der Waals surface area contributed by atoms with Gasteiger partial charge in [0.2, 0.25) is 0 Å². The Labute approximate surface area is 159 Å². The molecule has 2 aliphatic carbocycles. The van der Waals surface area contributed by atoms with E-state index in [1.165, 1.54) is 6.42 Å². The van der Waals surface area contributed by atoms with E-state index in [2.05, 4.69) is 55.4 Å². The van der Waals surface area contributed by atoms with E-state index in [9.17, 15) is 0 Å². The molecule has 0 bridgehead atoms. The van der Waals surface area contributed by atoms with Gasteiger partial charge in [0.05, 0.1) is 0 Å². The van der Waals surface area contributed by atoms with Crippen LogP contribution in [0.5, 0.6) is 0 Å². The summed E-state index contributed by atoms with van der Waals surface area (Å²) in [5.74, 6) is 0. The molecule has 3 heteroatoms. The minimum absolute atomic E-state index is 0. The molecule has 0 saturated carbocycles. The minimum Gasteiger partial charge on any atom is -1.00 e. The van der Waals surface area contributed by atoms with Crippen molar-refractivity contribution >= 4 is 0 Å². The Kier molecular flexibility index (Phi) is 5.62. The Morgan fingerprint density at radius 2 is 0.955 bits per heavy atom. The maximum atomic E-state index is 2.53. The SMILES string of the molecule is CC1=C(C)C2(C)CC3(C)C(C)=C(C)C(C)=[C]3[Hf+2][C]2=C1C.[Cl-].[Cl-]. The van der Waals surface area contributed by atoms with Crippen LogP contribution in [0.1, 0.15) is 61.8 Å². The van der Waals surface area contributed by atoms with Crippen LogP contribution in [-0.4, -0.2) is 0 Å². The van der Waals surface area contributed by atoms with E-state index in [1.807, 2.05) is 6.66 Å². The monoisotopic (exact) mass is 504 g/mol. The van der Waals surface area contributed by atoms with Crippen molar-refractivity contribution in [2.45, 2.75) is 61.8 Å². The van der Waals surface area contributed by atoms with Crippen LogP contribution >= 0.6 is 0 Å². The summed E-state index contributed by atoms with van der Waals surface area (Å²) >= 11 is -0.886. The molecule has 0 nitrogen and oxygen atoms in total. The summed E-state index contributed by atoms with van der Waals surface area (Å²) in [7, 11) is 0. The van der Waals surface area contributed by atoms with E-state index in [1.54, 1.807) is 33.4 Å². The average molecular weight is 504 g/mol. The molecule has 22 heavy (non-hydrogen) atoms. The first-order valence-electron chi connectivity index (χ1n) is 7.71. The molecule has 0 radical (unpaired) electrons. The fourth-order valence-corrected chi connectivity index (χ4v) is 12.3. The van der Waals surface area contributed by atoms with Crippen molar-refractivity contribution in [1.82, 2.24) is 0 Å². The van der Waals surface area contributed by atoms with E-state index in [0.29, 0.717) is 10.8 Å². The smallest absolute Gasteiger partial charge is 1.00 e. The van der Waals surface area contributed by atoms with E-state index < -0.39 is 22.9 Å². The second kappa shape index (κ2) is 6.05. The number of hydrogen-bond acceptors (Lipinski definition) is 0. The van der Waals surface area contributed by atoms with Gasteiger partial charge in [-0.2, -0.15) is 0 Å². The van der Waals surface area contributed by atoms with E-state index >= 15 is 0 Å². The summed E-state index contributed by atoms with van der Waals surface area (Å²) in [5, 5.41) is 0. The molecular weight excluding hydrogens is 478 g/mol. The van der Waals surface area contributed by atoms with Gasteiger partial charge in [-0.05, 0) is 0 Å². The van der Waals surface area contributed by atoms with Gasteiger partial charge in [0.15, 0.2) is 0 Å². The van der Waals surface area contributed by atoms with Gasteiger partial charge in [-0.15, -0.1) is 0 Å². The average Bonchev–Trinajstić information content (AvgIpc) is 2.66. The third-order valence-electron chi connectivity index (χ3n) is 6.72. The number of fused-ring (bicyclic) bond motifs is 2. The largest absolute Gasteiger partial charge is 1.00 e. The van der Waals surface area contributed by atoms with Gasteiger partial charge in [-0.3, -0.25) is 0 Å². The molecule has 2 unspecified atom stereocenters. The van der Waals surface area contributed by atoms with Crippen molar-refractivity contribution in [3.8, 4) is 0 Å². The van der Waals surface area contributed by atoms with Crippen LogP contribution in [0, 0.1) is 10.8 Å². The van der Waals surface area contributed by atoms with Gasteiger partial charge < -0.3 is 24.8 Å². The molecule has 0 aromatic carbocycles.